The molecule has 0 saturated carbocycles. The lowest BCUT2D eigenvalue weighted by Gasteiger charge is -2.07. The Hall–Kier alpha value is -3.17. The van der Waals surface area contributed by atoms with Crippen molar-refractivity contribution >= 4 is 56.5 Å². The van der Waals surface area contributed by atoms with Crippen molar-refractivity contribution in [3.05, 3.63) is 82.5 Å². The predicted molar refractivity (Wildman–Crippen MR) is 126 cm³/mol. The second kappa shape index (κ2) is 9.32. The van der Waals surface area contributed by atoms with Crippen molar-refractivity contribution in [1.29, 1.82) is 0 Å². The predicted octanol–water partition coefficient (Wildman–Crippen LogP) is 4.78. The Labute approximate surface area is 191 Å². The first-order valence-corrected chi connectivity index (χ1v) is 11.2. The van der Waals surface area contributed by atoms with Crippen LogP contribution in [0.3, 0.4) is 0 Å². The third-order valence-corrected chi connectivity index (χ3v) is 5.87. The summed E-state index contributed by atoms with van der Waals surface area (Å²) in [5.74, 6) is -0.225. The molecule has 0 unspecified atom stereocenters. The number of hydrogen-bond donors (Lipinski definition) is 2. The zero-order valence-electron chi connectivity index (χ0n) is 16.5. The standard InChI is InChI=1S/C22H18BrN5O2S/c1-14-2-7-18(8-3-14)25-21(30)15-4-11-19-26-27-22(28(19)12-15)31-13-20(29)24-17-9-5-16(23)6-10-17/h2-12H,13H2,1H3,(H,24,29)(H,25,30). The van der Waals surface area contributed by atoms with E-state index in [1.807, 2.05) is 55.5 Å². The van der Waals surface area contributed by atoms with Gasteiger partial charge in [0.15, 0.2) is 10.8 Å². The number of nitrogens with zero attached hydrogens (tertiary/aromatic N) is 3. The molecule has 31 heavy (non-hydrogen) atoms. The number of benzene rings is 2. The minimum atomic E-state index is -0.233. The molecule has 0 aliphatic heterocycles. The Morgan fingerprint density at radius 2 is 1.61 bits per heavy atom. The number of halogens is 1. The second-order valence-electron chi connectivity index (χ2n) is 6.79. The topological polar surface area (TPSA) is 88.4 Å². The first-order chi connectivity index (χ1) is 15.0. The zero-order chi connectivity index (χ0) is 21.8. The monoisotopic (exact) mass is 495 g/mol. The number of nitrogens with one attached hydrogen (secondary N) is 2. The van der Waals surface area contributed by atoms with Crippen LogP contribution in [0.5, 0.6) is 0 Å². The molecule has 2 N–H and O–H groups in total. The quantitative estimate of drug-likeness (QED) is 0.375. The van der Waals surface area contributed by atoms with Crippen molar-refractivity contribution in [1.82, 2.24) is 14.6 Å². The molecular weight excluding hydrogens is 478 g/mol. The van der Waals surface area contributed by atoms with E-state index in [4.69, 9.17) is 0 Å². The maximum Gasteiger partial charge on any atom is 0.257 e. The molecule has 2 aromatic carbocycles. The zero-order valence-corrected chi connectivity index (χ0v) is 18.9. The molecule has 9 heteroatoms. The summed E-state index contributed by atoms with van der Waals surface area (Å²) in [4.78, 5) is 24.9. The van der Waals surface area contributed by atoms with Gasteiger partial charge in [-0.1, -0.05) is 45.4 Å². The van der Waals surface area contributed by atoms with E-state index in [1.54, 1.807) is 22.7 Å². The highest BCUT2D eigenvalue weighted by atomic mass is 79.9. The van der Waals surface area contributed by atoms with Crippen LogP contribution in [0.4, 0.5) is 11.4 Å². The van der Waals surface area contributed by atoms with Gasteiger partial charge < -0.3 is 10.6 Å². The fourth-order valence-electron chi connectivity index (χ4n) is 2.80. The molecule has 2 heterocycles. The fraction of sp³-hybridized carbons (Fsp3) is 0.0909. The number of amides is 2. The van der Waals surface area contributed by atoms with Gasteiger partial charge in [0.1, 0.15) is 0 Å². The molecule has 4 rings (SSSR count). The Morgan fingerprint density at radius 3 is 2.35 bits per heavy atom. The molecule has 0 aliphatic carbocycles. The van der Waals surface area contributed by atoms with Crippen molar-refractivity contribution < 1.29 is 9.59 Å². The number of anilines is 2. The minimum absolute atomic E-state index is 0.155. The average Bonchev–Trinajstić information content (AvgIpc) is 3.18. The van der Waals surface area contributed by atoms with Gasteiger partial charge in [-0.15, -0.1) is 10.2 Å². The maximum atomic E-state index is 12.6. The number of fused-ring (bicyclic) bond motifs is 1. The van der Waals surface area contributed by atoms with Crippen LogP contribution in [0.2, 0.25) is 0 Å². The van der Waals surface area contributed by atoms with Gasteiger partial charge >= 0.3 is 0 Å². The van der Waals surface area contributed by atoms with Crippen molar-refractivity contribution in [3.8, 4) is 0 Å². The van der Waals surface area contributed by atoms with Crippen molar-refractivity contribution in [3.63, 3.8) is 0 Å². The van der Waals surface area contributed by atoms with Crippen molar-refractivity contribution in [2.45, 2.75) is 12.1 Å². The van der Waals surface area contributed by atoms with Crippen LogP contribution >= 0.6 is 27.7 Å². The van der Waals surface area contributed by atoms with E-state index >= 15 is 0 Å². The number of aromatic nitrogens is 3. The summed E-state index contributed by atoms with van der Waals surface area (Å²) in [6.45, 7) is 1.99. The molecule has 0 spiro atoms. The maximum absolute atomic E-state index is 12.6. The molecule has 0 saturated heterocycles. The number of rotatable bonds is 6. The van der Waals surface area contributed by atoms with E-state index in [9.17, 15) is 9.59 Å². The van der Waals surface area contributed by atoms with Crippen LogP contribution < -0.4 is 10.6 Å². The summed E-state index contributed by atoms with van der Waals surface area (Å²) < 4.78 is 2.65. The molecule has 4 aromatic rings. The Balaban J connectivity index is 1.43. The summed E-state index contributed by atoms with van der Waals surface area (Å²) in [5.41, 5.74) is 3.63. The number of aryl methyl sites for hydroxylation is 1. The molecule has 0 fully saturated rings. The van der Waals surface area contributed by atoms with E-state index in [-0.39, 0.29) is 17.6 Å². The van der Waals surface area contributed by atoms with Crippen LogP contribution in [0, 0.1) is 6.92 Å². The third kappa shape index (κ3) is 5.31. The Kier molecular flexibility index (Phi) is 6.34. The lowest BCUT2D eigenvalue weighted by molar-refractivity contribution is -0.113. The molecule has 0 radical (unpaired) electrons. The number of hydrogen-bond acceptors (Lipinski definition) is 5. The highest BCUT2D eigenvalue weighted by Crippen LogP contribution is 2.20. The summed E-state index contributed by atoms with van der Waals surface area (Å²) in [5, 5.41) is 14.5. The fourth-order valence-corrected chi connectivity index (χ4v) is 3.78. The van der Waals surface area contributed by atoms with Gasteiger partial charge in [0, 0.05) is 22.0 Å². The van der Waals surface area contributed by atoms with Crippen LogP contribution in [-0.4, -0.2) is 32.2 Å². The normalized spacial score (nSPS) is 10.8. The third-order valence-electron chi connectivity index (χ3n) is 4.40. The van der Waals surface area contributed by atoms with Crippen LogP contribution in [0.25, 0.3) is 5.65 Å². The first-order valence-electron chi connectivity index (χ1n) is 9.39. The molecule has 7 nitrogen and oxygen atoms in total. The van der Waals surface area contributed by atoms with E-state index < -0.39 is 0 Å². The van der Waals surface area contributed by atoms with Gasteiger partial charge in [-0.3, -0.25) is 14.0 Å². The first kappa shape index (κ1) is 21.1. The molecular formula is C22H18BrN5O2S. The lowest BCUT2D eigenvalue weighted by atomic mass is 10.2. The molecule has 0 aliphatic rings. The van der Waals surface area contributed by atoms with E-state index in [2.05, 4.69) is 36.8 Å². The summed E-state index contributed by atoms with van der Waals surface area (Å²) >= 11 is 4.61. The average molecular weight is 496 g/mol. The molecule has 156 valence electrons. The van der Waals surface area contributed by atoms with Gasteiger partial charge in [-0.05, 0) is 55.5 Å². The van der Waals surface area contributed by atoms with Gasteiger partial charge in [0.2, 0.25) is 5.91 Å². The highest BCUT2D eigenvalue weighted by molar-refractivity contribution is 9.10. The number of carbonyl (C=O) groups is 2. The Morgan fingerprint density at radius 1 is 0.935 bits per heavy atom. The summed E-state index contributed by atoms with van der Waals surface area (Å²) in [7, 11) is 0. The largest absolute Gasteiger partial charge is 0.325 e. The van der Waals surface area contributed by atoms with Crippen molar-refractivity contribution in [2.24, 2.45) is 0 Å². The highest BCUT2D eigenvalue weighted by Gasteiger charge is 2.13. The SMILES string of the molecule is Cc1ccc(NC(=O)c2ccc3nnc(SCC(=O)Nc4ccc(Br)cc4)n3c2)cc1. The smallest absolute Gasteiger partial charge is 0.257 e. The van der Waals surface area contributed by atoms with Crippen LogP contribution in [-0.2, 0) is 4.79 Å². The second-order valence-corrected chi connectivity index (χ2v) is 8.65. The minimum Gasteiger partial charge on any atom is -0.325 e. The number of pyridine rings is 1. The van der Waals surface area contributed by atoms with Gasteiger partial charge in [0.25, 0.3) is 5.91 Å². The van der Waals surface area contributed by atoms with Gasteiger partial charge in [0.05, 0.1) is 11.3 Å². The summed E-state index contributed by atoms with van der Waals surface area (Å²) in [6.07, 6.45) is 1.67. The number of carbonyl (C=O) groups excluding carboxylic acids is 2. The molecule has 0 bridgehead atoms. The van der Waals surface area contributed by atoms with E-state index in [1.165, 1.54) is 11.8 Å². The van der Waals surface area contributed by atoms with Crippen LogP contribution in [0.1, 0.15) is 15.9 Å². The van der Waals surface area contributed by atoms with Gasteiger partial charge in [-0.25, -0.2) is 0 Å². The van der Waals surface area contributed by atoms with E-state index in [0.29, 0.717) is 16.4 Å². The summed E-state index contributed by atoms with van der Waals surface area (Å²) in [6, 6.07) is 18.4. The Bertz CT molecular complexity index is 1240. The molecule has 2 aromatic heterocycles. The van der Waals surface area contributed by atoms with Crippen LogP contribution in [0.15, 0.2) is 76.5 Å². The molecule has 2 amide bonds. The number of thioether (sulfide) groups is 1. The lowest BCUT2D eigenvalue weighted by Crippen LogP contribution is -2.14. The molecule has 0 atom stereocenters. The van der Waals surface area contributed by atoms with Crippen molar-refractivity contribution in [2.75, 3.05) is 16.4 Å². The van der Waals surface area contributed by atoms with E-state index in [0.717, 1.165) is 21.4 Å². The van der Waals surface area contributed by atoms with Gasteiger partial charge in [-0.2, -0.15) is 0 Å².